The first-order valence-electron chi connectivity index (χ1n) is 12.1. The van der Waals surface area contributed by atoms with Crippen molar-refractivity contribution in [3.8, 4) is 0 Å². The highest BCUT2D eigenvalue weighted by atomic mass is 32.2. The zero-order chi connectivity index (χ0) is 27.7. The number of sulfonamides is 1. The number of para-hydroxylation sites is 1. The van der Waals surface area contributed by atoms with Crippen LogP contribution in [0.2, 0.25) is 0 Å². The first-order valence-corrected chi connectivity index (χ1v) is 14.0. The van der Waals surface area contributed by atoms with Gasteiger partial charge in [0.15, 0.2) is 0 Å². The number of rotatable bonds is 12. The SMILES string of the molecule is CNC(=O)[C@@H](Cc1ccccc1)N(Cc1ccc(F)cc1)C(=O)CCCN(c1ccccc1F)S(C)(=O)=O. The van der Waals surface area contributed by atoms with Crippen LogP contribution in [0.1, 0.15) is 24.0 Å². The van der Waals surface area contributed by atoms with Crippen molar-refractivity contribution in [3.63, 3.8) is 0 Å². The van der Waals surface area contributed by atoms with Gasteiger partial charge >= 0.3 is 0 Å². The Morgan fingerprint density at radius 2 is 1.53 bits per heavy atom. The van der Waals surface area contributed by atoms with Crippen molar-refractivity contribution in [2.75, 3.05) is 24.2 Å². The third-order valence-corrected chi connectivity index (χ3v) is 7.24. The second-order valence-corrected chi connectivity index (χ2v) is 10.8. The summed E-state index contributed by atoms with van der Waals surface area (Å²) in [7, 11) is -2.33. The number of carbonyl (C=O) groups excluding carboxylic acids is 2. The minimum absolute atomic E-state index is 0.0487. The summed E-state index contributed by atoms with van der Waals surface area (Å²) in [6.07, 6.45) is 1.22. The normalized spacial score (nSPS) is 12.0. The lowest BCUT2D eigenvalue weighted by atomic mass is 10.0. The number of hydrogen-bond donors (Lipinski definition) is 1. The van der Waals surface area contributed by atoms with Crippen molar-refractivity contribution in [2.24, 2.45) is 0 Å². The summed E-state index contributed by atoms with van der Waals surface area (Å²) in [6, 6.07) is 19.5. The van der Waals surface area contributed by atoms with E-state index in [4.69, 9.17) is 0 Å². The fraction of sp³-hybridized carbons (Fsp3) is 0.286. The highest BCUT2D eigenvalue weighted by Crippen LogP contribution is 2.23. The fourth-order valence-corrected chi connectivity index (χ4v) is 5.11. The van der Waals surface area contributed by atoms with Crippen LogP contribution in [0.3, 0.4) is 0 Å². The Bertz CT molecular complexity index is 1340. The molecule has 3 aromatic carbocycles. The molecule has 3 rings (SSSR count). The van der Waals surface area contributed by atoms with Crippen molar-refractivity contribution >= 4 is 27.5 Å². The van der Waals surface area contributed by atoms with E-state index < -0.39 is 27.7 Å². The lowest BCUT2D eigenvalue weighted by Crippen LogP contribution is -2.49. The van der Waals surface area contributed by atoms with Gasteiger partial charge in [0.25, 0.3) is 0 Å². The minimum atomic E-state index is -3.82. The van der Waals surface area contributed by atoms with Gasteiger partial charge in [0.2, 0.25) is 21.8 Å². The summed E-state index contributed by atoms with van der Waals surface area (Å²) < 4.78 is 53.5. The molecule has 0 saturated heterocycles. The molecule has 7 nitrogen and oxygen atoms in total. The molecule has 0 aromatic heterocycles. The number of benzene rings is 3. The molecule has 1 atom stereocenters. The van der Waals surface area contributed by atoms with E-state index in [1.165, 1.54) is 48.3 Å². The van der Waals surface area contributed by atoms with E-state index in [-0.39, 0.29) is 49.9 Å². The molecule has 1 N–H and O–H groups in total. The van der Waals surface area contributed by atoms with Crippen molar-refractivity contribution in [1.29, 1.82) is 0 Å². The number of amides is 2. The van der Waals surface area contributed by atoms with Gasteiger partial charge < -0.3 is 10.2 Å². The van der Waals surface area contributed by atoms with Crippen LogP contribution in [0.15, 0.2) is 78.9 Å². The molecule has 10 heteroatoms. The molecule has 202 valence electrons. The van der Waals surface area contributed by atoms with Gasteiger partial charge in [-0.3, -0.25) is 13.9 Å². The van der Waals surface area contributed by atoms with Crippen molar-refractivity contribution in [2.45, 2.75) is 31.8 Å². The molecule has 0 saturated carbocycles. The zero-order valence-electron chi connectivity index (χ0n) is 21.3. The Morgan fingerprint density at radius 3 is 2.13 bits per heavy atom. The van der Waals surface area contributed by atoms with Crippen molar-refractivity contribution in [1.82, 2.24) is 10.2 Å². The van der Waals surface area contributed by atoms with E-state index in [0.29, 0.717) is 5.56 Å². The van der Waals surface area contributed by atoms with E-state index in [2.05, 4.69) is 5.32 Å². The van der Waals surface area contributed by atoms with Gasteiger partial charge in [-0.15, -0.1) is 0 Å². The van der Waals surface area contributed by atoms with Crippen LogP contribution in [0.25, 0.3) is 0 Å². The van der Waals surface area contributed by atoms with Crippen LogP contribution in [-0.2, 0) is 32.6 Å². The number of carbonyl (C=O) groups is 2. The van der Waals surface area contributed by atoms with Crippen LogP contribution >= 0.6 is 0 Å². The maximum absolute atomic E-state index is 14.3. The summed E-state index contributed by atoms with van der Waals surface area (Å²) in [5.74, 6) is -1.87. The standard InChI is InChI=1S/C28H31F2N3O4S/c1-31-28(35)26(19-21-9-4-3-5-10-21)32(20-22-14-16-23(29)17-15-22)27(34)13-8-18-33(38(2,36)37)25-12-7-6-11-24(25)30/h3-7,9-12,14-17,26H,8,13,18-20H2,1-2H3,(H,31,35)/t26-/m1/s1. The smallest absolute Gasteiger partial charge is 0.242 e. The lowest BCUT2D eigenvalue weighted by molar-refractivity contribution is -0.141. The fourth-order valence-electron chi connectivity index (χ4n) is 4.14. The minimum Gasteiger partial charge on any atom is -0.357 e. The molecule has 0 aliphatic rings. The predicted molar refractivity (Wildman–Crippen MR) is 143 cm³/mol. The number of nitrogens with one attached hydrogen (secondary N) is 1. The van der Waals surface area contributed by atoms with Gasteiger partial charge in [-0.2, -0.15) is 0 Å². The van der Waals surface area contributed by atoms with E-state index in [1.807, 2.05) is 30.3 Å². The molecule has 3 aromatic rings. The second-order valence-electron chi connectivity index (χ2n) is 8.86. The van der Waals surface area contributed by atoms with E-state index in [9.17, 15) is 26.8 Å². The number of halogens is 2. The van der Waals surface area contributed by atoms with Crippen LogP contribution in [0, 0.1) is 11.6 Å². The number of anilines is 1. The largest absolute Gasteiger partial charge is 0.357 e. The van der Waals surface area contributed by atoms with Gasteiger partial charge in [-0.1, -0.05) is 54.6 Å². The zero-order valence-corrected chi connectivity index (χ0v) is 22.1. The third kappa shape index (κ3) is 7.85. The summed E-state index contributed by atoms with van der Waals surface area (Å²) in [4.78, 5) is 27.9. The van der Waals surface area contributed by atoms with Crippen LogP contribution in [0.4, 0.5) is 14.5 Å². The molecule has 0 fully saturated rings. The average Bonchev–Trinajstić information content (AvgIpc) is 2.89. The lowest BCUT2D eigenvalue weighted by Gasteiger charge is -2.31. The quantitative estimate of drug-likeness (QED) is 0.376. The molecular weight excluding hydrogens is 512 g/mol. The second kappa shape index (κ2) is 13.1. The van der Waals surface area contributed by atoms with Crippen LogP contribution in [0.5, 0.6) is 0 Å². The molecule has 38 heavy (non-hydrogen) atoms. The Kier molecular flexibility index (Phi) is 9.95. The molecule has 0 aliphatic heterocycles. The molecule has 2 amide bonds. The van der Waals surface area contributed by atoms with Gasteiger partial charge in [-0.25, -0.2) is 17.2 Å². The maximum atomic E-state index is 14.3. The number of likely N-dealkylation sites (N-methyl/N-ethyl adjacent to an activating group) is 1. The summed E-state index contributed by atoms with van der Waals surface area (Å²) in [5.41, 5.74) is 1.38. The summed E-state index contributed by atoms with van der Waals surface area (Å²) in [5, 5.41) is 2.62. The third-order valence-electron chi connectivity index (χ3n) is 6.06. The van der Waals surface area contributed by atoms with Crippen LogP contribution < -0.4 is 9.62 Å². The Hall–Kier alpha value is -3.79. The Labute approximate surface area is 222 Å². The first-order chi connectivity index (χ1) is 18.1. The molecule has 0 heterocycles. The van der Waals surface area contributed by atoms with Crippen molar-refractivity contribution < 1.29 is 26.8 Å². The molecular formula is C28H31F2N3O4S. The van der Waals surface area contributed by atoms with Gasteiger partial charge in [-0.05, 0) is 41.8 Å². The van der Waals surface area contributed by atoms with Gasteiger partial charge in [0.05, 0.1) is 11.9 Å². The number of hydrogen-bond acceptors (Lipinski definition) is 4. The van der Waals surface area contributed by atoms with E-state index in [0.717, 1.165) is 16.1 Å². The molecule has 0 aliphatic carbocycles. The van der Waals surface area contributed by atoms with E-state index >= 15 is 0 Å². The maximum Gasteiger partial charge on any atom is 0.242 e. The topological polar surface area (TPSA) is 86.8 Å². The molecule has 0 unspecified atom stereocenters. The van der Waals surface area contributed by atoms with Crippen LogP contribution in [-0.4, -0.2) is 51.0 Å². The molecule has 0 spiro atoms. The van der Waals surface area contributed by atoms with E-state index in [1.54, 1.807) is 12.1 Å². The molecule has 0 bridgehead atoms. The summed E-state index contributed by atoms with van der Waals surface area (Å²) in [6.45, 7) is -0.0770. The Morgan fingerprint density at radius 1 is 0.895 bits per heavy atom. The van der Waals surface area contributed by atoms with Crippen molar-refractivity contribution in [3.05, 3.63) is 102 Å². The summed E-state index contributed by atoms with van der Waals surface area (Å²) >= 11 is 0. The average molecular weight is 544 g/mol. The van der Waals surface area contributed by atoms with Gasteiger partial charge in [0.1, 0.15) is 17.7 Å². The monoisotopic (exact) mass is 543 g/mol. The predicted octanol–water partition coefficient (Wildman–Crippen LogP) is 3.90. The molecule has 0 radical (unpaired) electrons. The highest BCUT2D eigenvalue weighted by Gasteiger charge is 2.30. The van der Waals surface area contributed by atoms with Gasteiger partial charge in [0, 0.05) is 33.0 Å². The first kappa shape index (κ1) is 28.8. The Balaban J connectivity index is 1.84. The highest BCUT2D eigenvalue weighted by molar-refractivity contribution is 7.92. The number of nitrogens with zero attached hydrogens (tertiary/aromatic N) is 2.